The van der Waals surface area contributed by atoms with Crippen molar-refractivity contribution in [1.29, 1.82) is 0 Å². The fraction of sp³-hybridized carbons (Fsp3) is 0.455. The maximum absolute atomic E-state index is 11.7. The zero-order valence-electron chi connectivity index (χ0n) is 9.62. The lowest BCUT2D eigenvalue weighted by molar-refractivity contribution is -0.141. The van der Waals surface area contributed by atoms with Gasteiger partial charge >= 0.3 is 5.97 Å². The number of carbonyl (C=O) groups excluding carboxylic acids is 1. The number of hydrogen-bond acceptors (Lipinski definition) is 3. The van der Waals surface area contributed by atoms with Gasteiger partial charge in [-0.1, -0.05) is 18.5 Å². The Bertz CT molecular complexity index is 430. The predicted octanol–water partition coefficient (Wildman–Crippen LogP) is 2.55. The SMILES string of the molecule is Cc1csc(C(=O)NCCC(C)C(=O)O)c1Cl. The van der Waals surface area contributed by atoms with Crippen molar-refractivity contribution in [2.75, 3.05) is 6.54 Å². The molecule has 6 heteroatoms. The van der Waals surface area contributed by atoms with Gasteiger partial charge in [0, 0.05) is 6.54 Å². The second kappa shape index (κ2) is 6.02. The normalized spacial score (nSPS) is 12.2. The molecule has 0 spiro atoms. The quantitative estimate of drug-likeness (QED) is 0.868. The average Bonchev–Trinajstić information content (AvgIpc) is 2.59. The van der Waals surface area contributed by atoms with Gasteiger partial charge in [0.15, 0.2) is 0 Å². The first-order valence-corrected chi connectivity index (χ1v) is 6.43. The van der Waals surface area contributed by atoms with Crippen LogP contribution in [0.25, 0.3) is 0 Å². The summed E-state index contributed by atoms with van der Waals surface area (Å²) in [5.74, 6) is -1.56. The molecule has 1 heterocycles. The molecule has 1 amide bonds. The number of amides is 1. The van der Waals surface area contributed by atoms with Crippen LogP contribution in [0.15, 0.2) is 5.38 Å². The van der Waals surface area contributed by atoms with Crippen molar-refractivity contribution < 1.29 is 14.7 Å². The van der Waals surface area contributed by atoms with Gasteiger partial charge in [0.05, 0.1) is 10.9 Å². The lowest BCUT2D eigenvalue weighted by atomic mass is 10.1. The average molecular weight is 276 g/mol. The van der Waals surface area contributed by atoms with E-state index in [9.17, 15) is 9.59 Å². The van der Waals surface area contributed by atoms with Crippen LogP contribution in [0, 0.1) is 12.8 Å². The highest BCUT2D eigenvalue weighted by atomic mass is 35.5. The number of aryl methyl sites for hydroxylation is 1. The Balaban J connectivity index is 2.46. The fourth-order valence-electron chi connectivity index (χ4n) is 1.19. The summed E-state index contributed by atoms with van der Waals surface area (Å²) in [5, 5.41) is 13.6. The number of halogens is 1. The highest BCUT2D eigenvalue weighted by Crippen LogP contribution is 2.26. The third-order valence-corrected chi connectivity index (χ3v) is 4.09. The van der Waals surface area contributed by atoms with Crippen LogP contribution in [-0.2, 0) is 4.79 Å². The number of carboxylic acids is 1. The van der Waals surface area contributed by atoms with E-state index in [1.165, 1.54) is 11.3 Å². The van der Waals surface area contributed by atoms with Gasteiger partial charge < -0.3 is 10.4 Å². The summed E-state index contributed by atoms with van der Waals surface area (Å²) in [5.41, 5.74) is 0.876. The molecule has 0 aliphatic carbocycles. The van der Waals surface area contributed by atoms with Crippen LogP contribution in [0.1, 0.15) is 28.6 Å². The van der Waals surface area contributed by atoms with Crippen molar-refractivity contribution >= 4 is 34.8 Å². The molecule has 0 saturated carbocycles. The van der Waals surface area contributed by atoms with E-state index in [2.05, 4.69) is 5.32 Å². The molecule has 1 aromatic rings. The van der Waals surface area contributed by atoms with Crippen LogP contribution in [0.3, 0.4) is 0 Å². The first-order valence-electron chi connectivity index (χ1n) is 5.18. The molecule has 2 N–H and O–H groups in total. The van der Waals surface area contributed by atoms with Gasteiger partial charge in [0.2, 0.25) is 0 Å². The smallest absolute Gasteiger partial charge is 0.306 e. The van der Waals surface area contributed by atoms with E-state index in [4.69, 9.17) is 16.7 Å². The molecule has 0 bridgehead atoms. The van der Waals surface area contributed by atoms with E-state index in [1.54, 1.807) is 6.92 Å². The Kier molecular flexibility index (Phi) is 4.96. The van der Waals surface area contributed by atoms with Gasteiger partial charge in [-0.25, -0.2) is 0 Å². The van der Waals surface area contributed by atoms with E-state index in [0.717, 1.165) is 5.56 Å². The van der Waals surface area contributed by atoms with Crippen LogP contribution >= 0.6 is 22.9 Å². The molecule has 0 aliphatic heterocycles. The number of thiophene rings is 1. The Morgan fingerprint density at radius 2 is 2.24 bits per heavy atom. The van der Waals surface area contributed by atoms with Crippen LogP contribution in [0.4, 0.5) is 0 Å². The highest BCUT2D eigenvalue weighted by Gasteiger charge is 2.15. The Labute approximate surface area is 109 Å². The maximum Gasteiger partial charge on any atom is 0.306 e. The highest BCUT2D eigenvalue weighted by molar-refractivity contribution is 7.13. The van der Waals surface area contributed by atoms with Gasteiger partial charge in [-0.3, -0.25) is 9.59 Å². The van der Waals surface area contributed by atoms with E-state index >= 15 is 0 Å². The number of rotatable bonds is 5. The predicted molar refractivity (Wildman–Crippen MR) is 67.8 cm³/mol. The van der Waals surface area contributed by atoms with Crippen molar-refractivity contribution in [3.05, 3.63) is 20.8 Å². The summed E-state index contributed by atoms with van der Waals surface area (Å²) in [6.45, 7) is 3.78. The first-order chi connectivity index (χ1) is 7.93. The molecular weight excluding hydrogens is 262 g/mol. The summed E-state index contributed by atoms with van der Waals surface area (Å²) in [6.07, 6.45) is 0.406. The lowest BCUT2D eigenvalue weighted by Crippen LogP contribution is -2.26. The third-order valence-electron chi connectivity index (χ3n) is 2.39. The molecule has 1 atom stereocenters. The van der Waals surface area contributed by atoms with Crippen LogP contribution in [0.2, 0.25) is 5.02 Å². The van der Waals surface area contributed by atoms with Crippen molar-refractivity contribution in [3.8, 4) is 0 Å². The zero-order chi connectivity index (χ0) is 13.0. The Morgan fingerprint density at radius 1 is 1.59 bits per heavy atom. The van der Waals surface area contributed by atoms with Gasteiger partial charge in [0.1, 0.15) is 4.88 Å². The minimum Gasteiger partial charge on any atom is -0.481 e. The minimum atomic E-state index is -0.857. The van der Waals surface area contributed by atoms with Crippen LogP contribution in [0.5, 0.6) is 0 Å². The third kappa shape index (κ3) is 3.71. The Morgan fingerprint density at radius 3 is 2.71 bits per heavy atom. The largest absolute Gasteiger partial charge is 0.481 e. The molecule has 1 aromatic heterocycles. The molecule has 1 unspecified atom stereocenters. The van der Waals surface area contributed by atoms with E-state index in [-0.39, 0.29) is 5.91 Å². The van der Waals surface area contributed by atoms with E-state index < -0.39 is 11.9 Å². The molecule has 0 saturated heterocycles. The summed E-state index contributed by atoms with van der Waals surface area (Å²) < 4.78 is 0. The summed E-state index contributed by atoms with van der Waals surface area (Å²) >= 11 is 7.24. The van der Waals surface area contributed by atoms with Crippen LogP contribution < -0.4 is 5.32 Å². The van der Waals surface area contributed by atoms with E-state index in [1.807, 2.05) is 12.3 Å². The standard InChI is InChI=1S/C11H14ClNO3S/c1-6(11(15)16)3-4-13-10(14)9-8(12)7(2)5-17-9/h5-6H,3-4H2,1-2H3,(H,13,14)(H,15,16). The van der Waals surface area contributed by atoms with Gasteiger partial charge in [0.25, 0.3) is 5.91 Å². The lowest BCUT2D eigenvalue weighted by Gasteiger charge is -2.07. The van der Waals surface area contributed by atoms with Crippen molar-refractivity contribution in [2.24, 2.45) is 5.92 Å². The molecule has 0 aromatic carbocycles. The molecule has 17 heavy (non-hydrogen) atoms. The molecular formula is C11H14ClNO3S. The minimum absolute atomic E-state index is 0.245. The van der Waals surface area contributed by atoms with Gasteiger partial charge in [-0.15, -0.1) is 11.3 Å². The number of carboxylic acid groups (broad SMARTS) is 1. The molecule has 0 aliphatic rings. The molecule has 0 fully saturated rings. The second-order valence-corrected chi connectivity index (χ2v) is 5.10. The van der Waals surface area contributed by atoms with Gasteiger partial charge in [-0.2, -0.15) is 0 Å². The Hall–Kier alpha value is -1.07. The summed E-state index contributed by atoms with van der Waals surface area (Å²) in [6, 6.07) is 0. The maximum atomic E-state index is 11.7. The first kappa shape index (κ1) is 14.0. The number of carbonyl (C=O) groups is 2. The number of aliphatic carboxylic acids is 1. The van der Waals surface area contributed by atoms with Gasteiger partial charge in [-0.05, 0) is 24.3 Å². The molecule has 94 valence electrons. The summed E-state index contributed by atoms with van der Waals surface area (Å²) in [7, 11) is 0. The fourth-order valence-corrected chi connectivity index (χ4v) is 2.38. The van der Waals surface area contributed by atoms with Crippen molar-refractivity contribution in [3.63, 3.8) is 0 Å². The second-order valence-electron chi connectivity index (χ2n) is 3.85. The topological polar surface area (TPSA) is 66.4 Å². The van der Waals surface area contributed by atoms with Crippen molar-refractivity contribution in [2.45, 2.75) is 20.3 Å². The van der Waals surface area contributed by atoms with Crippen LogP contribution in [-0.4, -0.2) is 23.5 Å². The molecule has 0 radical (unpaired) electrons. The monoisotopic (exact) mass is 275 g/mol. The van der Waals surface area contributed by atoms with Crippen molar-refractivity contribution in [1.82, 2.24) is 5.32 Å². The van der Waals surface area contributed by atoms with E-state index in [0.29, 0.717) is 22.9 Å². The zero-order valence-corrected chi connectivity index (χ0v) is 11.2. The number of nitrogens with one attached hydrogen (secondary N) is 1. The molecule has 1 rings (SSSR count). The number of hydrogen-bond donors (Lipinski definition) is 2. The summed E-state index contributed by atoms with van der Waals surface area (Å²) in [4.78, 5) is 22.7. The molecule has 4 nitrogen and oxygen atoms in total.